The van der Waals surface area contributed by atoms with Crippen molar-refractivity contribution >= 4 is 12.1 Å². The van der Waals surface area contributed by atoms with Crippen LogP contribution < -0.4 is 5.73 Å². The van der Waals surface area contributed by atoms with Crippen molar-refractivity contribution in [1.82, 2.24) is 14.8 Å². The van der Waals surface area contributed by atoms with Crippen LogP contribution in [0.4, 0.5) is 5.95 Å². The summed E-state index contributed by atoms with van der Waals surface area (Å²) in [7, 11) is 0. The van der Waals surface area contributed by atoms with Crippen LogP contribution in [0.3, 0.4) is 0 Å². The first kappa shape index (κ1) is 7.53. The Morgan fingerprint density at radius 3 is 2.91 bits per heavy atom. The lowest BCUT2D eigenvalue weighted by molar-refractivity contribution is 1.10. The summed E-state index contributed by atoms with van der Waals surface area (Å²) in [5, 5.41) is 7.22. The van der Waals surface area contributed by atoms with Crippen LogP contribution in [0.2, 0.25) is 0 Å². The predicted molar refractivity (Wildman–Crippen MR) is 44.6 cm³/mol. The average Bonchev–Trinajstić information content (AvgIpc) is 2.37. The molecule has 1 heterocycles. The average molecular weight is 150 g/mol. The van der Waals surface area contributed by atoms with E-state index in [9.17, 15) is 0 Å². The number of allylic oxidation sites excluding steroid dienone is 3. The van der Waals surface area contributed by atoms with E-state index in [2.05, 4.69) is 10.2 Å². The highest BCUT2D eigenvalue weighted by Gasteiger charge is 1.90. The largest absolute Gasteiger partial charge is 0.368 e. The lowest BCUT2D eigenvalue weighted by Crippen LogP contribution is -1.93. The molecule has 0 spiro atoms. The first-order valence-corrected chi connectivity index (χ1v) is 3.29. The van der Waals surface area contributed by atoms with Gasteiger partial charge in [-0.15, -0.1) is 10.2 Å². The minimum absolute atomic E-state index is 0.394. The zero-order chi connectivity index (χ0) is 8.10. The third-order valence-electron chi connectivity index (χ3n) is 1.15. The number of nitrogens with two attached hydrogens (primary N) is 1. The summed E-state index contributed by atoms with van der Waals surface area (Å²) in [4.78, 5) is 0. The number of rotatable bonds is 2. The minimum Gasteiger partial charge on any atom is -0.368 e. The Balaban J connectivity index is 2.71. The van der Waals surface area contributed by atoms with Crippen LogP contribution in [0.5, 0.6) is 0 Å². The van der Waals surface area contributed by atoms with Crippen LogP contribution >= 0.6 is 0 Å². The molecule has 4 heteroatoms. The topological polar surface area (TPSA) is 56.7 Å². The number of hydrogen-bond acceptors (Lipinski definition) is 3. The van der Waals surface area contributed by atoms with Gasteiger partial charge in [0, 0.05) is 6.20 Å². The van der Waals surface area contributed by atoms with E-state index >= 15 is 0 Å². The molecule has 0 saturated heterocycles. The summed E-state index contributed by atoms with van der Waals surface area (Å²) in [5.41, 5.74) is 5.44. The molecule has 0 radical (unpaired) electrons. The maximum absolute atomic E-state index is 5.44. The Morgan fingerprint density at radius 1 is 1.55 bits per heavy atom. The molecule has 0 amide bonds. The highest BCUT2D eigenvalue weighted by molar-refractivity contribution is 5.35. The van der Waals surface area contributed by atoms with Gasteiger partial charge in [-0.25, -0.2) is 0 Å². The standard InChI is InChI=1S/C7H10N4/c1-2-3-4-5-11-6-9-10-7(11)8/h2-6H,1H3,(H2,8,10)/b3-2-,5-4-. The van der Waals surface area contributed by atoms with Crippen LogP contribution in [0, 0.1) is 0 Å². The Labute approximate surface area is 65.0 Å². The molecule has 1 aromatic heterocycles. The molecule has 1 rings (SSSR count). The molecular formula is C7H10N4. The summed E-state index contributed by atoms with van der Waals surface area (Å²) in [6.07, 6.45) is 9.03. The van der Waals surface area contributed by atoms with E-state index in [0.29, 0.717) is 5.95 Å². The van der Waals surface area contributed by atoms with Gasteiger partial charge in [-0.05, 0) is 13.0 Å². The van der Waals surface area contributed by atoms with Gasteiger partial charge < -0.3 is 5.73 Å². The minimum atomic E-state index is 0.394. The molecule has 58 valence electrons. The Bertz CT molecular complexity index is 272. The van der Waals surface area contributed by atoms with Crippen molar-refractivity contribution in [3.05, 3.63) is 24.6 Å². The normalized spacial score (nSPS) is 11.7. The van der Waals surface area contributed by atoms with Crippen molar-refractivity contribution in [2.45, 2.75) is 6.92 Å². The summed E-state index contributed by atoms with van der Waals surface area (Å²) < 4.78 is 1.64. The molecule has 0 aliphatic rings. The molecule has 0 saturated carbocycles. The fourth-order valence-corrected chi connectivity index (χ4v) is 0.620. The van der Waals surface area contributed by atoms with Gasteiger partial charge in [0.2, 0.25) is 5.95 Å². The highest BCUT2D eigenvalue weighted by Crippen LogP contribution is 1.95. The third kappa shape index (κ3) is 1.93. The third-order valence-corrected chi connectivity index (χ3v) is 1.15. The summed E-state index contributed by atoms with van der Waals surface area (Å²) in [6, 6.07) is 0. The molecule has 0 fully saturated rings. The number of nitrogen functional groups attached to an aromatic ring is 1. The second-order valence-electron chi connectivity index (χ2n) is 1.96. The smallest absolute Gasteiger partial charge is 0.225 e. The number of aromatic nitrogens is 3. The molecular weight excluding hydrogens is 140 g/mol. The fraction of sp³-hybridized carbons (Fsp3) is 0.143. The summed E-state index contributed by atoms with van der Waals surface area (Å²) in [6.45, 7) is 1.94. The zero-order valence-corrected chi connectivity index (χ0v) is 6.31. The SMILES string of the molecule is C/C=C\C=C/n1cnnc1N. The van der Waals surface area contributed by atoms with E-state index in [-0.39, 0.29) is 0 Å². The van der Waals surface area contributed by atoms with Crippen molar-refractivity contribution < 1.29 is 0 Å². The molecule has 0 aromatic carbocycles. The Morgan fingerprint density at radius 2 is 2.36 bits per heavy atom. The number of hydrogen-bond donors (Lipinski definition) is 1. The van der Waals surface area contributed by atoms with Crippen molar-refractivity contribution in [2.75, 3.05) is 5.73 Å². The lowest BCUT2D eigenvalue weighted by Gasteiger charge is -1.89. The fourth-order valence-electron chi connectivity index (χ4n) is 0.620. The molecule has 4 nitrogen and oxygen atoms in total. The van der Waals surface area contributed by atoms with Gasteiger partial charge >= 0.3 is 0 Å². The maximum atomic E-state index is 5.44. The lowest BCUT2D eigenvalue weighted by atomic mass is 10.5. The van der Waals surface area contributed by atoms with Gasteiger partial charge in [0.25, 0.3) is 0 Å². The molecule has 0 unspecified atom stereocenters. The van der Waals surface area contributed by atoms with Gasteiger partial charge in [-0.3, -0.25) is 4.57 Å². The number of anilines is 1. The van der Waals surface area contributed by atoms with Gasteiger partial charge in [0.05, 0.1) is 0 Å². The Kier molecular flexibility index (Phi) is 2.43. The summed E-state index contributed by atoms with van der Waals surface area (Å²) >= 11 is 0. The van der Waals surface area contributed by atoms with Crippen LogP contribution in [-0.4, -0.2) is 14.8 Å². The van der Waals surface area contributed by atoms with E-state index in [4.69, 9.17) is 5.73 Å². The maximum Gasteiger partial charge on any atom is 0.225 e. The second-order valence-corrected chi connectivity index (χ2v) is 1.96. The molecule has 0 bridgehead atoms. The monoisotopic (exact) mass is 150 g/mol. The molecule has 0 aliphatic carbocycles. The van der Waals surface area contributed by atoms with E-state index < -0.39 is 0 Å². The molecule has 11 heavy (non-hydrogen) atoms. The Hall–Kier alpha value is -1.58. The van der Waals surface area contributed by atoms with Gasteiger partial charge in [0.15, 0.2) is 0 Å². The van der Waals surface area contributed by atoms with E-state index in [1.165, 1.54) is 0 Å². The van der Waals surface area contributed by atoms with Crippen molar-refractivity contribution in [3.63, 3.8) is 0 Å². The van der Waals surface area contributed by atoms with Crippen LogP contribution in [0.15, 0.2) is 24.6 Å². The molecule has 0 atom stereocenters. The van der Waals surface area contributed by atoms with Crippen LogP contribution in [0.1, 0.15) is 6.92 Å². The van der Waals surface area contributed by atoms with Crippen LogP contribution in [0.25, 0.3) is 6.20 Å². The van der Waals surface area contributed by atoms with Crippen LogP contribution in [-0.2, 0) is 0 Å². The van der Waals surface area contributed by atoms with Crippen molar-refractivity contribution in [3.8, 4) is 0 Å². The van der Waals surface area contributed by atoms with Gasteiger partial charge in [0.1, 0.15) is 6.33 Å². The van der Waals surface area contributed by atoms with Crippen molar-refractivity contribution in [1.29, 1.82) is 0 Å². The number of nitrogens with zero attached hydrogens (tertiary/aromatic N) is 3. The van der Waals surface area contributed by atoms with E-state index in [1.807, 2.05) is 25.2 Å². The first-order valence-electron chi connectivity index (χ1n) is 3.29. The second kappa shape index (κ2) is 3.55. The molecule has 2 N–H and O–H groups in total. The molecule has 1 aromatic rings. The van der Waals surface area contributed by atoms with E-state index in [0.717, 1.165) is 0 Å². The predicted octanol–water partition coefficient (Wildman–Crippen LogP) is 0.907. The zero-order valence-electron chi connectivity index (χ0n) is 6.31. The summed E-state index contributed by atoms with van der Waals surface area (Å²) in [5.74, 6) is 0.394. The molecule has 0 aliphatic heterocycles. The van der Waals surface area contributed by atoms with Gasteiger partial charge in [-0.1, -0.05) is 12.2 Å². The quantitative estimate of drug-likeness (QED) is 0.637. The van der Waals surface area contributed by atoms with E-state index in [1.54, 1.807) is 17.1 Å². The first-order chi connectivity index (χ1) is 5.34. The van der Waals surface area contributed by atoms with Crippen molar-refractivity contribution in [2.24, 2.45) is 0 Å². The highest BCUT2D eigenvalue weighted by atomic mass is 15.3. The van der Waals surface area contributed by atoms with Gasteiger partial charge in [-0.2, -0.15) is 0 Å².